The van der Waals surface area contributed by atoms with Crippen LogP contribution in [0.15, 0.2) is 18.5 Å². The fourth-order valence-electron chi connectivity index (χ4n) is 0.920. The standard InChI is InChI=1S/C9H12N2O/c1-7(2)8-3-9(11-6-12)5-10-4-8/h3-7H,1-2H3,(H,11,12). The molecular weight excluding hydrogens is 152 g/mol. The van der Waals surface area contributed by atoms with Crippen molar-refractivity contribution in [2.45, 2.75) is 19.8 Å². The van der Waals surface area contributed by atoms with E-state index in [0.29, 0.717) is 12.3 Å². The molecule has 0 aliphatic heterocycles. The Labute approximate surface area is 71.8 Å². The van der Waals surface area contributed by atoms with Gasteiger partial charge in [-0.05, 0) is 17.5 Å². The first-order valence-corrected chi connectivity index (χ1v) is 3.89. The normalized spacial score (nSPS) is 9.92. The lowest BCUT2D eigenvalue weighted by Gasteiger charge is -2.05. The van der Waals surface area contributed by atoms with E-state index in [4.69, 9.17) is 0 Å². The third kappa shape index (κ3) is 2.05. The maximum atomic E-state index is 10.1. The van der Waals surface area contributed by atoms with E-state index >= 15 is 0 Å². The van der Waals surface area contributed by atoms with Crippen LogP contribution in [0, 0.1) is 0 Å². The third-order valence-corrected chi connectivity index (χ3v) is 1.65. The second kappa shape index (κ2) is 3.85. The van der Waals surface area contributed by atoms with Crippen molar-refractivity contribution in [1.82, 2.24) is 4.98 Å². The molecule has 1 N–H and O–H groups in total. The lowest BCUT2D eigenvalue weighted by atomic mass is 10.1. The Morgan fingerprint density at radius 2 is 2.25 bits per heavy atom. The molecule has 1 amide bonds. The van der Waals surface area contributed by atoms with Crippen molar-refractivity contribution in [3.63, 3.8) is 0 Å². The molecule has 1 heterocycles. The molecule has 1 aromatic rings. The van der Waals surface area contributed by atoms with Gasteiger partial charge < -0.3 is 5.32 Å². The number of pyridine rings is 1. The van der Waals surface area contributed by atoms with Gasteiger partial charge >= 0.3 is 0 Å². The van der Waals surface area contributed by atoms with Crippen LogP contribution in [0.25, 0.3) is 0 Å². The van der Waals surface area contributed by atoms with Crippen LogP contribution >= 0.6 is 0 Å². The van der Waals surface area contributed by atoms with Gasteiger partial charge in [0.25, 0.3) is 0 Å². The molecule has 0 fully saturated rings. The van der Waals surface area contributed by atoms with Crippen molar-refractivity contribution in [3.8, 4) is 0 Å². The maximum absolute atomic E-state index is 10.1. The molecule has 3 heteroatoms. The maximum Gasteiger partial charge on any atom is 0.211 e. The van der Waals surface area contributed by atoms with Gasteiger partial charge in [0.2, 0.25) is 6.41 Å². The number of nitrogens with zero attached hydrogens (tertiary/aromatic N) is 1. The summed E-state index contributed by atoms with van der Waals surface area (Å²) in [5.74, 6) is 0.436. The van der Waals surface area contributed by atoms with Crippen LogP contribution in [0.3, 0.4) is 0 Å². The first kappa shape index (κ1) is 8.71. The average molecular weight is 164 g/mol. The highest BCUT2D eigenvalue weighted by atomic mass is 16.1. The van der Waals surface area contributed by atoms with Crippen molar-refractivity contribution in [3.05, 3.63) is 24.0 Å². The number of amides is 1. The predicted molar refractivity (Wildman–Crippen MR) is 48.0 cm³/mol. The Morgan fingerprint density at radius 3 is 2.83 bits per heavy atom. The number of hydrogen-bond donors (Lipinski definition) is 1. The molecule has 0 unspecified atom stereocenters. The minimum atomic E-state index is 0.436. The molecule has 0 aliphatic rings. The quantitative estimate of drug-likeness (QED) is 0.692. The van der Waals surface area contributed by atoms with Gasteiger partial charge in [0, 0.05) is 6.20 Å². The Bertz CT molecular complexity index is 271. The van der Waals surface area contributed by atoms with Gasteiger partial charge in [-0.1, -0.05) is 13.8 Å². The van der Waals surface area contributed by atoms with Gasteiger partial charge in [-0.2, -0.15) is 0 Å². The van der Waals surface area contributed by atoms with Crippen LogP contribution in [0.2, 0.25) is 0 Å². The van der Waals surface area contributed by atoms with Gasteiger partial charge in [-0.3, -0.25) is 9.78 Å². The summed E-state index contributed by atoms with van der Waals surface area (Å²) in [7, 11) is 0. The molecule has 0 aliphatic carbocycles. The van der Waals surface area contributed by atoms with E-state index in [1.54, 1.807) is 12.4 Å². The van der Waals surface area contributed by atoms with Crippen LogP contribution < -0.4 is 5.32 Å². The number of carbonyl (C=O) groups excluding carboxylic acids is 1. The molecule has 0 aromatic carbocycles. The van der Waals surface area contributed by atoms with Crippen LogP contribution in [0.4, 0.5) is 5.69 Å². The Hall–Kier alpha value is -1.38. The number of carbonyl (C=O) groups is 1. The number of anilines is 1. The molecule has 1 aromatic heterocycles. The second-order valence-corrected chi connectivity index (χ2v) is 2.92. The Balaban J connectivity index is 2.87. The highest BCUT2D eigenvalue weighted by molar-refractivity contribution is 5.70. The summed E-state index contributed by atoms with van der Waals surface area (Å²) in [5.41, 5.74) is 1.87. The fraction of sp³-hybridized carbons (Fsp3) is 0.333. The van der Waals surface area contributed by atoms with Gasteiger partial charge in [0.05, 0.1) is 11.9 Å². The van der Waals surface area contributed by atoms with E-state index in [2.05, 4.69) is 24.1 Å². The molecule has 12 heavy (non-hydrogen) atoms. The fourth-order valence-corrected chi connectivity index (χ4v) is 0.920. The Kier molecular flexibility index (Phi) is 2.80. The van der Waals surface area contributed by atoms with Gasteiger partial charge in [0.15, 0.2) is 0 Å². The zero-order valence-corrected chi connectivity index (χ0v) is 7.24. The minimum Gasteiger partial charge on any atom is -0.327 e. The average Bonchev–Trinajstić information content (AvgIpc) is 2.05. The van der Waals surface area contributed by atoms with E-state index in [1.807, 2.05) is 6.07 Å². The van der Waals surface area contributed by atoms with Crippen LogP contribution in [0.1, 0.15) is 25.3 Å². The van der Waals surface area contributed by atoms with Crippen molar-refractivity contribution < 1.29 is 4.79 Å². The number of rotatable bonds is 3. The van der Waals surface area contributed by atoms with E-state index in [1.165, 1.54) is 0 Å². The molecule has 0 saturated carbocycles. The number of aromatic nitrogens is 1. The topological polar surface area (TPSA) is 42.0 Å². The summed E-state index contributed by atoms with van der Waals surface area (Å²) < 4.78 is 0. The molecule has 3 nitrogen and oxygen atoms in total. The van der Waals surface area contributed by atoms with Crippen molar-refractivity contribution in [2.75, 3.05) is 5.32 Å². The lowest BCUT2D eigenvalue weighted by molar-refractivity contribution is -0.105. The monoisotopic (exact) mass is 164 g/mol. The molecule has 0 radical (unpaired) electrons. The zero-order valence-electron chi connectivity index (χ0n) is 7.24. The van der Waals surface area contributed by atoms with Crippen molar-refractivity contribution >= 4 is 12.1 Å². The molecule has 0 saturated heterocycles. The zero-order chi connectivity index (χ0) is 8.97. The van der Waals surface area contributed by atoms with Crippen LogP contribution in [-0.4, -0.2) is 11.4 Å². The van der Waals surface area contributed by atoms with Crippen molar-refractivity contribution in [1.29, 1.82) is 0 Å². The van der Waals surface area contributed by atoms with Crippen molar-refractivity contribution in [2.24, 2.45) is 0 Å². The summed E-state index contributed by atoms with van der Waals surface area (Å²) in [6, 6.07) is 1.92. The van der Waals surface area contributed by atoms with Crippen LogP contribution in [-0.2, 0) is 4.79 Å². The SMILES string of the molecule is CC(C)c1cncc(NC=O)c1. The summed E-state index contributed by atoms with van der Waals surface area (Å²) in [6.45, 7) is 4.17. The summed E-state index contributed by atoms with van der Waals surface area (Å²) >= 11 is 0. The predicted octanol–water partition coefficient (Wildman–Crippen LogP) is 1.77. The highest BCUT2D eigenvalue weighted by Gasteiger charge is 1.99. The molecule has 0 bridgehead atoms. The molecule has 0 atom stereocenters. The second-order valence-electron chi connectivity index (χ2n) is 2.92. The number of nitrogens with one attached hydrogen (secondary N) is 1. The minimum absolute atomic E-state index is 0.436. The summed E-state index contributed by atoms with van der Waals surface area (Å²) in [5, 5.41) is 2.56. The smallest absolute Gasteiger partial charge is 0.211 e. The molecule has 0 spiro atoms. The summed E-state index contributed by atoms with van der Waals surface area (Å²) in [4.78, 5) is 14.1. The number of hydrogen-bond acceptors (Lipinski definition) is 2. The van der Waals surface area contributed by atoms with Crippen LogP contribution in [0.5, 0.6) is 0 Å². The first-order valence-electron chi connectivity index (χ1n) is 3.89. The highest BCUT2D eigenvalue weighted by Crippen LogP contribution is 2.16. The van der Waals surface area contributed by atoms with E-state index in [0.717, 1.165) is 11.3 Å². The lowest BCUT2D eigenvalue weighted by Crippen LogP contribution is -1.96. The van der Waals surface area contributed by atoms with Gasteiger partial charge in [0.1, 0.15) is 0 Å². The molecule has 64 valence electrons. The van der Waals surface area contributed by atoms with E-state index in [9.17, 15) is 4.79 Å². The van der Waals surface area contributed by atoms with Gasteiger partial charge in [-0.15, -0.1) is 0 Å². The Morgan fingerprint density at radius 1 is 1.50 bits per heavy atom. The molecule has 1 rings (SSSR count). The van der Waals surface area contributed by atoms with E-state index in [-0.39, 0.29) is 0 Å². The largest absolute Gasteiger partial charge is 0.327 e. The summed E-state index contributed by atoms with van der Waals surface area (Å²) in [6.07, 6.45) is 4.09. The first-order chi connectivity index (χ1) is 5.74. The van der Waals surface area contributed by atoms with Gasteiger partial charge in [-0.25, -0.2) is 0 Å². The van der Waals surface area contributed by atoms with E-state index < -0.39 is 0 Å². The molecular formula is C9H12N2O. The third-order valence-electron chi connectivity index (χ3n) is 1.65.